The summed E-state index contributed by atoms with van der Waals surface area (Å²) in [6, 6.07) is 1.82. The Bertz CT molecular complexity index is 946. The Balaban J connectivity index is 1.90. The van der Waals surface area contributed by atoms with Crippen molar-refractivity contribution in [3.05, 3.63) is 35.2 Å². The Kier molecular flexibility index (Phi) is 4.34. The van der Waals surface area contributed by atoms with Gasteiger partial charge in [0.15, 0.2) is 11.6 Å². The number of thiophene rings is 1. The van der Waals surface area contributed by atoms with Gasteiger partial charge in [0.1, 0.15) is 5.82 Å². The van der Waals surface area contributed by atoms with Crippen LogP contribution in [0.4, 0.5) is 10.2 Å². The van der Waals surface area contributed by atoms with Crippen LogP contribution in [0.25, 0.3) is 21.6 Å². The average Bonchev–Trinajstić information content (AvgIpc) is 3.24. The number of fused-ring (bicyclic) bond motifs is 1. The van der Waals surface area contributed by atoms with Crippen LogP contribution in [0.15, 0.2) is 23.8 Å². The van der Waals surface area contributed by atoms with Gasteiger partial charge in [-0.05, 0) is 38.3 Å². The number of hydrogen-bond donors (Lipinski definition) is 3. The SMILES string of the molecule is CC(C)(O)c1csc2c(N[C@@H]3CCNC3)nc(-c3ccncc3F)nc12. The third kappa shape index (κ3) is 3.15. The third-order valence-corrected chi connectivity index (χ3v) is 5.46. The quantitative estimate of drug-likeness (QED) is 0.652. The van der Waals surface area contributed by atoms with Crippen LogP contribution in [0.1, 0.15) is 25.8 Å². The monoisotopic (exact) mass is 373 g/mol. The van der Waals surface area contributed by atoms with Crippen molar-refractivity contribution < 1.29 is 9.50 Å². The van der Waals surface area contributed by atoms with Crippen LogP contribution in [-0.2, 0) is 5.60 Å². The Morgan fingerprint density at radius 1 is 1.38 bits per heavy atom. The molecule has 4 rings (SSSR count). The lowest BCUT2D eigenvalue weighted by Gasteiger charge is -2.17. The number of rotatable bonds is 4. The van der Waals surface area contributed by atoms with Crippen molar-refractivity contribution in [1.82, 2.24) is 20.3 Å². The first-order chi connectivity index (χ1) is 12.4. The maximum Gasteiger partial charge on any atom is 0.165 e. The van der Waals surface area contributed by atoms with Gasteiger partial charge in [-0.25, -0.2) is 14.4 Å². The molecule has 1 fully saturated rings. The summed E-state index contributed by atoms with van der Waals surface area (Å²) in [6.45, 7) is 5.25. The van der Waals surface area contributed by atoms with Gasteiger partial charge >= 0.3 is 0 Å². The molecule has 0 unspecified atom stereocenters. The molecule has 8 heteroatoms. The molecule has 1 atom stereocenters. The van der Waals surface area contributed by atoms with Crippen LogP contribution in [0.3, 0.4) is 0 Å². The van der Waals surface area contributed by atoms with Crippen LogP contribution in [0, 0.1) is 5.82 Å². The van der Waals surface area contributed by atoms with Crippen molar-refractivity contribution >= 4 is 27.4 Å². The molecule has 0 aromatic carbocycles. The smallest absolute Gasteiger partial charge is 0.165 e. The lowest BCUT2D eigenvalue weighted by Crippen LogP contribution is -2.23. The normalized spacial score (nSPS) is 17.8. The number of nitrogens with one attached hydrogen (secondary N) is 2. The molecule has 0 amide bonds. The summed E-state index contributed by atoms with van der Waals surface area (Å²) in [6.07, 6.45) is 3.67. The van der Waals surface area contributed by atoms with E-state index >= 15 is 0 Å². The maximum atomic E-state index is 14.3. The zero-order valence-corrected chi connectivity index (χ0v) is 15.4. The first-order valence-corrected chi connectivity index (χ1v) is 9.40. The number of hydrogen-bond acceptors (Lipinski definition) is 7. The number of pyridine rings is 1. The number of nitrogens with zero attached hydrogens (tertiary/aromatic N) is 3. The molecule has 6 nitrogen and oxygen atoms in total. The van der Waals surface area contributed by atoms with Gasteiger partial charge in [0.25, 0.3) is 0 Å². The lowest BCUT2D eigenvalue weighted by atomic mass is 10.0. The molecule has 0 saturated carbocycles. The fraction of sp³-hybridized carbons (Fsp3) is 0.389. The molecular weight excluding hydrogens is 353 g/mol. The molecule has 3 aromatic heterocycles. The lowest BCUT2D eigenvalue weighted by molar-refractivity contribution is 0.0804. The molecule has 136 valence electrons. The van der Waals surface area contributed by atoms with E-state index in [4.69, 9.17) is 0 Å². The topological polar surface area (TPSA) is 83.0 Å². The molecule has 0 aliphatic carbocycles. The molecule has 3 N–H and O–H groups in total. The molecule has 1 aliphatic heterocycles. The minimum absolute atomic E-state index is 0.260. The van der Waals surface area contributed by atoms with E-state index in [1.54, 1.807) is 19.9 Å². The minimum Gasteiger partial charge on any atom is -0.386 e. The summed E-state index contributed by atoms with van der Waals surface area (Å²) < 4.78 is 15.1. The Morgan fingerprint density at radius 2 is 2.23 bits per heavy atom. The van der Waals surface area contributed by atoms with Crippen molar-refractivity contribution in [1.29, 1.82) is 0 Å². The fourth-order valence-electron chi connectivity index (χ4n) is 3.10. The Labute approximate surface area is 154 Å². The highest BCUT2D eigenvalue weighted by Crippen LogP contribution is 2.37. The first-order valence-electron chi connectivity index (χ1n) is 8.52. The van der Waals surface area contributed by atoms with E-state index in [2.05, 4.69) is 25.6 Å². The average molecular weight is 373 g/mol. The summed E-state index contributed by atoms with van der Waals surface area (Å²) >= 11 is 1.48. The van der Waals surface area contributed by atoms with E-state index < -0.39 is 11.4 Å². The second kappa shape index (κ2) is 6.53. The molecule has 26 heavy (non-hydrogen) atoms. The van der Waals surface area contributed by atoms with E-state index in [1.807, 2.05) is 5.38 Å². The third-order valence-electron chi connectivity index (χ3n) is 4.49. The van der Waals surface area contributed by atoms with Crippen molar-refractivity contribution in [3.8, 4) is 11.4 Å². The summed E-state index contributed by atoms with van der Waals surface area (Å²) in [5.74, 6) is 0.491. The van der Waals surface area contributed by atoms with Gasteiger partial charge in [-0.3, -0.25) is 4.98 Å². The highest BCUT2D eigenvalue weighted by Gasteiger charge is 2.26. The van der Waals surface area contributed by atoms with E-state index in [-0.39, 0.29) is 11.9 Å². The summed E-state index contributed by atoms with van der Waals surface area (Å²) in [7, 11) is 0. The van der Waals surface area contributed by atoms with E-state index in [9.17, 15) is 9.50 Å². The second-order valence-electron chi connectivity index (χ2n) is 6.97. The van der Waals surface area contributed by atoms with Crippen molar-refractivity contribution in [2.24, 2.45) is 0 Å². The second-order valence-corrected chi connectivity index (χ2v) is 7.85. The summed E-state index contributed by atoms with van der Waals surface area (Å²) in [4.78, 5) is 13.0. The van der Waals surface area contributed by atoms with E-state index in [0.29, 0.717) is 22.5 Å². The zero-order valence-electron chi connectivity index (χ0n) is 14.6. The standard InChI is InChI=1S/C18H20FN5OS/c1-18(2,25)12-9-26-15-14(12)23-16(11-4-6-21-8-13(11)19)24-17(15)22-10-3-5-20-7-10/h4,6,8-10,20,25H,3,5,7H2,1-2H3,(H,22,23,24)/t10-/m1/s1. The molecule has 0 bridgehead atoms. The van der Waals surface area contributed by atoms with Gasteiger partial charge < -0.3 is 15.7 Å². The Morgan fingerprint density at radius 3 is 2.92 bits per heavy atom. The van der Waals surface area contributed by atoms with Crippen molar-refractivity contribution in [3.63, 3.8) is 0 Å². The molecular formula is C18H20FN5OS. The van der Waals surface area contributed by atoms with Crippen molar-refractivity contribution in [2.75, 3.05) is 18.4 Å². The van der Waals surface area contributed by atoms with Crippen molar-refractivity contribution in [2.45, 2.75) is 31.9 Å². The first kappa shape index (κ1) is 17.3. The molecule has 1 aliphatic rings. The largest absolute Gasteiger partial charge is 0.386 e. The number of anilines is 1. The molecule has 1 saturated heterocycles. The van der Waals surface area contributed by atoms with Crippen LogP contribution >= 0.6 is 11.3 Å². The van der Waals surface area contributed by atoms with Crippen LogP contribution in [0.5, 0.6) is 0 Å². The molecule has 3 aromatic rings. The van der Waals surface area contributed by atoms with Crippen LogP contribution in [-0.4, -0.2) is 39.2 Å². The van der Waals surface area contributed by atoms with Gasteiger partial charge in [-0.1, -0.05) is 0 Å². The number of halogens is 1. The zero-order chi connectivity index (χ0) is 18.3. The Hall–Kier alpha value is -2.16. The van der Waals surface area contributed by atoms with Gasteiger partial charge in [-0.15, -0.1) is 11.3 Å². The minimum atomic E-state index is -1.05. The van der Waals surface area contributed by atoms with E-state index in [0.717, 1.165) is 30.4 Å². The summed E-state index contributed by atoms with van der Waals surface area (Å²) in [5.41, 5.74) is 0.607. The predicted octanol–water partition coefficient (Wildman–Crippen LogP) is 2.89. The van der Waals surface area contributed by atoms with Gasteiger partial charge in [0, 0.05) is 24.3 Å². The predicted molar refractivity (Wildman–Crippen MR) is 101 cm³/mol. The van der Waals surface area contributed by atoms with Crippen LogP contribution < -0.4 is 10.6 Å². The van der Waals surface area contributed by atoms with Gasteiger partial charge in [0.05, 0.1) is 27.6 Å². The fourth-order valence-corrected chi connectivity index (χ4v) is 4.22. The summed E-state index contributed by atoms with van der Waals surface area (Å²) in [5, 5.41) is 19.2. The van der Waals surface area contributed by atoms with Gasteiger partial charge in [0.2, 0.25) is 0 Å². The number of aromatic nitrogens is 3. The van der Waals surface area contributed by atoms with Crippen LogP contribution in [0.2, 0.25) is 0 Å². The van der Waals surface area contributed by atoms with Gasteiger partial charge in [-0.2, -0.15) is 0 Å². The molecule has 0 radical (unpaired) electrons. The number of aliphatic hydroxyl groups is 1. The maximum absolute atomic E-state index is 14.3. The molecule has 4 heterocycles. The highest BCUT2D eigenvalue weighted by atomic mass is 32.1. The molecule has 0 spiro atoms. The van der Waals surface area contributed by atoms with E-state index in [1.165, 1.54) is 17.5 Å². The highest BCUT2D eigenvalue weighted by molar-refractivity contribution is 7.18.